The number of anilines is 1. The third-order valence-electron chi connectivity index (χ3n) is 9.56. The van der Waals surface area contributed by atoms with Gasteiger partial charge in [-0.05, 0) is 91.2 Å². The zero-order valence-corrected chi connectivity index (χ0v) is 27.8. The van der Waals surface area contributed by atoms with Gasteiger partial charge in [-0.25, -0.2) is 0 Å². The maximum atomic E-state index is 14.2. The number of carbonyl (C=O) groups is 1. The van der Waals surface area contributed by atoms with Crippen molar-refractivity contribution in [2.75, 3.05) is 58.4 Å². The summed E-state index contributed by atoms with van der Waals surface area (Å²) in [5.41, 5.74) is 6.66. The van der Waals surface area contributed by atoms with Crippen molar-refractivity contribution in [2.24, 2.45) is 0 Å². The van der Waals surface area contributed by atoms with Crippen molar-refractivity contribution in [3.05, 3.63) is 113 Å². The second kappa shape index (κ2) is 15.4. The van der Waals surface area contributed by atoms with Gasteiger partial charge in [-0.15, -0.1) is 0 Å². The summed E-state index contributed by atoms with van der Waals surface area (Å²) < 4.78 is 11.3. The van der Waals surface area contributed by atoms with Crippen molar-refractivity contribution in [1.29, 1.82) is 0 Å². The largest absolute Gasteiger partial charge is 0.493 e. The molecule has 0 N–H and O–H groups in total. The third kappa shape index (κ3) is 7.58. The van der Waals surface area contributed by atoms with Crippen LogP contribution >= 0.6 is 0 Å². The van der Waals surface area contributed by atoms with E-state index >= 15 is 0 Å². The monoisotopic (exact) mass is 634 g/mol. The summed E-state index contributed by atoms with van der Waals surface area (Å²) in [5.74, 6) is 1.45. The predicted octanol–water partition coefficient (Wildman–Crippen LogP) is 5.82. The Morgan fingerprint density at radius 3 is 2.11 bits per heavy atom. The van der Waals surface area contributed by atoms with Gasteiger partial charge in [0.15, 0.2) is 11.5 Å². The molecule has 9 heteroatoms. The van der Waals surface area contributed by atoms with Gasteiger partial charge < -0.3 is 24.2 Å². The van der Waals surface area contributed by atoms with Gasteiger partial charge in [-0.3, -0.25) is 19.7 Å². The molecule has 4 heterocycles. The Morgan fingerprint density at radius 2 is 1.49 bits per heavy atom. The summed E-state index contributed by atoms with van der Waals surface area (Å²) in [7, 11) is 3.31. The molecule has 1 amide bonds. The van der Waals surface area contributed by atoms with Crippen molar-refractivity contribution in [3.8, 4) is 11.5 Å². The number of benzene rings is 2. The fourth-order valence-electron chi connectivity index (χ4n) is 6.97. The first-order valence-corrected chi connectivity index (χ1v) is 16.7. The minimum Gasteiger partial charge on any atom is -0.493 e. The summed E-state index contributed by atoms with van der Waals surface area (Å²) in [4.78, 5) is 32.1. The van der Waals surface area contributed by atoms with Gasteiger partial charge in [0.1, 0.15) is 0 Å². The number of methoxy groups -OCH3 is 2. The molecule has 2 aromatic carbocycles. The molecule has 0 saturated carbocycles. The van der Waals surface area contributed by atoms with Gasteiger partial charge in [0.25, 0.3) is 5.91 Å². The van der Waals surface area contributed by atoms with Gasteiger partial charge in [0.2, 0.25) is 0 Å². The van der Waals surface area contributed by atoms with E-state index in [-0.39, 0.29) is 11.9 Å². The van der Waals surface area contributed by atoms with E-state index in [4.69, 9.17) is 9.47 Å². The lowest BCUT2D eigenvalue weighted by Crippen LogP contribution is -2.46. The topological polar surface area (TPSA) is 74.3 Å². The number of amides is 1. The van der Waals surface area contributed by atoms with Crippen LogP contribution in [0.3, 0.4) is 0 Å². The number of piperazine rings is 1. The Morgan fingerprint density at radius 1 is 0.830 bits per heavy atom. The second-order valence-electron chi connectivity index (χ2n) is 12.4. The molecule has 1 fully saturated rings. The number of likely N-dealkylation sites (N-methyl/N-ethyl adjacent to an activating group) is 1. The average molecular weight is 635 g/mol. The summed E-state index contributed by atoms with van der Waals surface area (Å²) >= 11 is 0. The van der Waals surface area contributed by atoms with E-state index in [1.54, 1.807) is 14.2 Å². The normalized spacial score (nSPS) is 15.6. The third-order valence-corrected chi connectivity index (χ3v) is 9.56. The Hall–Kier alpha value is -4.47. The molecule has 1 saturated heterocycles. The molecule has 2 aliphatic rings. The zero-order chi connectivity index (χ0) is 32.6. The molecule has 6 rings (SSSR count). The van der Waals surface area contributed by atoms with Crippen LogP contribution in [0.1, 0.15) is 58.4 Å². The molecule has 246 valence electrons. The number of rotatable bonds is 14. The Kier molecular flexibility index (Phi) is 10.6. The standard InChI is InChI=1S/C38H46N6O3/c1-4-41-21-23-43(24-22-41)35-8-5-7-32-33(35)28-44(38(32)45)34(31-10-11-36(46-2)37(25-31)47-3)9-6-20-42(26-29-12-16-39-17-13-29)27-30-14-18-40-19-15-30/h5,7-8,10-19,25,34H,4,6,9,20-24,26-28H2,1-3H3/t34-/m1/s1. The van der Waals surface area contributed by atoms with Crippen LogP contribution in [0.25, 0.3) is 0 Å². The quantitative estimate of drug-likeness (QED) is 0.172. The number of hydrogen-bond donors (Lipinski definition) is 0. The van der Waals surface area contributed by atoms with Crippen molar-refractivity contribution in [1.82, 2.24) is 24.7 Å². The summed E-state index contributed by atoms with van der Waals surface area (Å²) in [6.07, 6.45) is 9.11. The van der Waals surface area contributed by atoms with Gasteiger partial charge in [0, 0.05) is 87.4 Å². The lowest BCUT2D eigenvalue weighted by molar-refractivity contribution is 0.0684. The molecule has 2 aromatic heterocycles. The Bertz CT molecular complexity index is 1570. The minimum atomic E-state index is -0.122. The van der Waals surface area contributed by atoms with Crippen molar-refractivity contribution in [3.63, 3.8) is 0 Å². The van der Waals surface area contributed by atoms with Gasteiger partial charge in [0.05, 0.1) is 20.3 Å². The van der Waals surface area contributed by atoms with Crippen LogP contribution in [0, 0.1) is 0 Å². The van der Waals surface area contributed by atoms with E-state index in [0.717, 1.165) is 81.9 Å². The predicted molar refractivity (Wildman–Crippen MR) is 185 cm³/mol. The molecule has 0 spiro atoms. The Labute approximate surface area is 278 Å². The van der Waals surface area contributed by atoms with Gasteiger partial charge in [-0.2, -0.15) is 0 Å². The lowest BCUT2D eigenvalue weighted by Gasteiger charge is -2.36. The number of nitrogens with zero attached hydrogens (tertiary/aromatic N) is 6. The molecule has 2 aliphatic heterocycles. The molecule has 4 aromatic rings. The van der Waals surface area contributed by atoms with Crippen LogP contribution in [-0.4, -0.2) is 84.1 Å². The summed E-state index contributed by atoms with van der Waals surface area (Å²) in [5, 5.41) is 0. The molecule has 9 nitrogen and oxygen atoms in total. The minimum absolute atomic E-state index is 0.0965. The van der Waals surface area contributed by atoms with Crippen molar-refractivity contribution < 1.29 is 14.3 Å². The van der Waals surface area contributed by atoms with Gasteiger partial charge in [-0.1, -0.05) is 19.1 Å². The van der Waals surface area contributed by atoms with E-state index in [1.165, 1.54) is 16.8 Å². The zero-order valence-electron chi connectivity index (χ0n) is 27.8. The highest BCUT2D eigenvalue weighted by Gasteiger charge is 2.36. The first-order valence-electron chi connectivity index (χ1n) is 16.7. The first-order chi connectivity index (χ1) is 23.1. The van der Waals surface area contributed by atoms with Gasteiger partial charge >= 0.3 is 0 Å². The van der Waals surface area contributed by atoms with E-state index in [1.807, 2.05) is 49.1 Å². The average Bonchev–Trinajstić information content (AvgIpc) is 3.46. The van der Waals surface area contributed by atoms with Crippen molar-refractivity contribution in [2.45, 2.75) is 45.4 Å². The van der Waals surface area contributed by atoms with Crippen LogP contribution in [-0.2, 0) is 19.6 Å². The highest BCUT2D eigenvalue weighted by molar-refractivity contribution is 6.00. The van der Waals surface area contributed by atoms with E-state index < -0.39 is 0 Å². The van der Waals surface area contributed by atoms with Crippen molar-refractivity contribution >= 4 is 11.6 Å². The van der Waals surface area contributed by atoms with Crippen LogP contribution in [0.5, 0.6) is 11.5 Å². The molecule has 0 unspecified atom stereocenters. The molecule has 0 radical (unpaired) electrons. The fourth-order valence-corrected chi connectivity index (χ4v) is 6.97. The first kappa shape index (κ1) is 32.5. The maximum absolute atomic E-state index is 14.2. The molecular formula is C38H46N6O3. The second-order valence-corrected chi connectivity index (χ2v) is 12.4. The number of pyridine rings is 2. The molecule has 1 atom stereocenters. The summed E-state index contributed by atoms with van der Waals surface area (Å²) in [6, 6.07) is 20.5. The lowest BCUT2D eigenvalue weighted by atomic mass is 9.99. The number of carbonyl (C=O) groups excluding carboxylic acids is 1. The molecular weight excluding hydrogens is 588 g/mol. The summed E-state index contributed by atoms with van der Waals surface area (Å²) in [6.45, 7) is 10.4. The van der Waals surface area contributed by atoms with E-state index in [9.17, 15) is 4.79 Å². The van der Waals surface area contributed by atoms with Crippen LogP contribution < -0.4 is 14.4 Å². The Balaban J connectivity index is 1.25. The SMILES string of the molecule is CCN1CCN(c2cccc3c2CN([C@H](CCCN(Cc2ccncc2)Cc2ccncc2)c2ccc(OC)c(OC)c2)C3=O)CC1. The maximum Gasteiger partial charge on any atom is 0.255 e. The highest BCUT2D eigenvalue weighted by Crippen LogP contribution is 2.40. The van der Waals surface area contributed by atoms with Crippen LogP contribution in [0.4, 0.5) is 5.69 Å². The van der Waals surface area contributed by atoms with Crippen LogP contribution in [0.2, 0.25) is 0 Å². The fraction of sp³-hybridized carbons (Fsp3) is 0.395. The number of ether oxygens (including phenoxy) is 2. The van der Waals surface area contributed by atoms with E-state index in [2.05, 4.69) is 72.9 Å². The number of hydrogen-bond acceptors (Lipinski definition) is 8. The molecule has 0 bridgehead atoms. The molecule has 47 heavy (non-hydrogen) atoms. The molecule has 0 aliphatic carbocycles. The van der Waals surface area contributed by atoms with E-state index in [0.29, 0.717) is 18.0 Å². The number of fused-ring (bicyclic) bond motifs is 1. The number of aromatic nitrogens is 2. The smallest absolute Gasteiger partial charge is 0.255 e. The van der Waals surface area contributed by atoms with Crippen LogP contribution in [0.15, 0.2) is 85.5 Å². The highest BCUT2D eigenvalue weighted by atomic mass is 16.5.